The number of benzene rings is 3. The van der Waals surface area contributed by atoms with Crippen LogP contribution in [-0.2, 0) is 15.1 Å². The van der Waals surface area contributed by atoms with E-state index in [1.54, 1.807) is 25.1 Å². The Labute approximate surface area is 173 Å². The predicted molar refractivity (Wildman–Crippen MR) is 113 cm³/mol. The number of phenols is 1. The fourth-order valence-corrected chi connectivity index (χ4v) is 3.62. The number of nitrogens with one attached hydrogen (secondary N) is 2. The lowest BCUT2D eigenvalue weighted by Gasteiger charge is -2.22. The predicted octanol–water partition coefficient (Wildman–Crippen LogP) is 3.26. The van der Waals surface area contributed by atoms with Crippen molar-refractivity contribution in [2.75, 3.05) is 11.9 Å². The third-order valence-electron chi connectivity index (χ3n) is 5.33. The lowest BCUT2D eigenvalue weighted by atomic mass is 9.90. The molecule has 1 fully saturated rings. The van der Waals surface area contributed by atoms with Gasteiger partial charge in [0.25, 0.3) is 5.91 Å². The van der Waals surface area contributed by atoms with Crippen LogP contribution in [0.1, 0.15) is 18.1 Å². The van der Waals surface area contributed by atoms with Gasteiger partial charge in [-0.2, -0.15) is 0 Å². The van der Waals surface area contributed by atoms with Crippen LogP contribution in [0.15, 0.2) is 60.7 Å². The Morgan fingerprint density at radius 2 is 1.80 bits per heavy atom. The van der Waals surface area contributed by atoms with Gasteiger partial charge in [-0.15, -0.1) is 0 Å². The Kier molecular flexibility index (Phi) is 4.66. The van der Waals surface area contributed by atoms with Crippen LogP contribution in [0.25, 0.3) is 10.8 Å². The molecule has 1 atom stereocenters. The number of nitrogens with zero attached hydrogens (tertiary/aromatic N) is 1. The van der Waals surface area contributed by atoms with Crippen molar-refractivity contribution in [3.05, 3.63) is 71.8 Å². The van der Waals surface area contributed by atoms with Gasteiger partial charge in [-0.1, -0.05) is 42.5 Å². The molecule has 0 bridgehead atoms. The minimum absolute atomic E-state index is 0.0819. The fourth-order valence-electron chi connectivity index (χ4n) is 3.62. The molecule has 1 unspecified atom stereocenters. The van der Waals surface area contributed by atoms with Gasteiger partial charge in [-0.05, 0) is 53.9 Å². The largest absolute Gasteiger partial charge is 0.506 e. The maximum atomic E-state index is 13.1. The fraction of sp³-hybridized carbons (Fsp3) is 0.174. The van der Waals surface area contributed by atoms with E-state index >= 15 is 0 Å². The summed E-state index contributed by atoms with van der Waals surface area (Å²) in [6, 6.07) is 17.5. The van der Waals surface area contributed by atoms with Crippen molar-refractivity contribution in [2.24, 2.45) is 0 Å². The van der Waals surface area contributed by atoms with E-state index in [2.05, 4.69) is 10.6 Å². The summed E-state index contributed by atoms with van der Waals surface area (Å²) < 4.78 is 0. The van der Waals surface area contributed by atoms with E-state index < -0.39 is 29.9 Å². The molecule has 4 amide bonds. The van der Waals surface area contributed by atoms with Crippen LogP contribution in [0.5, 0.6) is 5.75 Å². The topological polar surface area (TPSA) is 98.7 Å². The minimum atomic E-state index is -1.27. The Hall–Kier alpha value is -3.87. The molecular formula is C23H21N3O4. The van der Waals surface area contributed by atoms with Crippen molar-refractivity contribution in [1.29, 1.82) is 0 Å². The smallest absolute Gasteiger partial charge is 0.325 e. The molecular weight excluding hydrogens is 382 g/mol. The van der Waals surface area contributed by atoms with Crippen LogP contribution in [-0.4, -0.2) is 34.4 Å². The first-order valence-corrected chi connectivity index (χ1v) is 9.51. The number of aromatic hydroxyl groups is 1. The van der Waals surface area contributed by atoms with Gasteiger partial charge in [-0.25, -0.2) is 4.79 Å². The average Bonchev–Trinajstić information content (AvgIpc) is 2.94. The van der Waals surface area contributed by atoms with Crippen molar-refractivity contribution < 1.29 is 19.5 Å². The Bertz CT molecular complexity index is 1190. The second-order valence-corrected chi connectivity index (χ2v) is 7.58. The van der Waals surface area contributed by atoms with Crippen LogP contribution in [0.3, 0.4) is 0 Å². The van der Waals surface area contributed by atoms with E-state index in [0.29, 0.717) is 5.56 Å². The molecule has 3 aromatic rings. The maximum absolute atomic E-state index is 13.1. The molecule has 0 saturated carbocycles. The molecule has 1 heterocycles. The Balaban J connectivity index is 1.54. The number of carbonyl (C=O) groups excluding carboxylic acids is 3. The molecule has 30 heavy (non-hydrogen) atoms. The Morgan fingerprint density at radius 1 is 1.07 bits per heavy atom. The standard InChI is InChI=1S/C23H21N3O4/c1-14-7-10-18(19(27)11-14)24-20(28)13-26-21(29)23(2,25-22(26)30)17-9-8-15-5-3-4-6-16(15)12-17/h3-12,27H,13H2,1-2H3,(H,24,28)(H,25,30). The van der Waals surface area contributed by atoms with Crippen molar-refractivity contribution in [3.8, 4) is 5.75 Å². The summed E-state index contributed by atoms with van der Waals surface area (Å²) in [5.41, 5.74) is 0.423. The van der Waals surface area contributed by atoms with Crippen molar-refractivity contribution in [3.63, 3.8) is 0 Å². The Morgan fingerprint density at radius 3 is 2.53 bits per heavy atom. The number of hydrogen-bond acceptors (Lipinski definition) is 4. The second-order valence-electron chi connectivity index (χ2n) is 7.58. The quantitative estimate of drug-likeness (QED) is 0.460. The van der Waals surface area contributed by atoms with Gasteiger partial charge in [-0.3, -0.25) is 14.5 Å². The molecule has 4 rings (SSSR count). The number of anilines is 1. The summed E-state index contributed by atoms with van der Waals surface area (Å²) in [4.78, 5) is 38.9. The number of fused-ring (bicyclic) bond motifs is 1. The summed E-state index contributed by atoms with van der Waals surface area (Å²) in [5.74, 6) is -1.17. The third kappa shape index (κ3) is 3.34. The first-order chi connectivity index (χ1) is 14.3. The van der Waals surface area contributed by atoms with Gasteiger partial charge in [0.05, 0.1) is 5.69 Å². The number of carbonyl (C=O) groups is 3. The molecule has 3 N–H and O–H groups in total. The van der Waals surface area contributed by atoms with E-state index in [9.17, 15) is 19.5 Å². The zero-order valence-corrected chi connectivity index (χ0v) is 16.6. The van der Waals surface area contributed by atoms with Crippen molar-refractivity contribution in [2.45, 2.75) is 19.4 Å². The SMILES string of the molecule is Cc1ccc(NC(=O)CN2C(=O)NC(C)(c3ccc4ccccc4c3)C2=O)c(O)c1. The van der Waals surface area contributed by atoms with Crippen LogP contribution in [0.2, 0.25) is 0 Å². The first kappa shape index (κ1) is 19.4. The molecule has 1 aliphatic rings. The molecule has 152 valence electrons. The first-order valence-electron chi connectivity index (χ1n) is 9.51. The van der Waals surface area contributed by atoms with Gasteiger partial charge in [0.2, 0.25) is 5.91 Å². The van der Waals surface area contributed by atoms with Crippen LogP contribution in [0, 0.1) is 6.92 Å². The number of phenolic OH excluding ortho intramolecular Hbond substituents is 1. The minimum Gasteiger partial charge on any atom is -0.506 e. The number of amides is 4. The zero-order valence-electron chi connectivity index (χ0n) is 16.6. The molecule has 0 aliphatic carbocycles. The van der Waals surface area contributed by atoms with Gasteiger partial charge < -0.3 is 15.7 Å². The van der Waals surface area contributed by atoms with Gasteiger partial charge in [0.1, 0.15) is 17.8 Å². The third-order valence-corrected chi connectivity index (χ3v) is 5.33. The van der Waals surface area contributed by atoms with Crippen LogP contribution in [0.4, 0.5) is 10.5 Å². The molecule has 1 saturated heterocycles. The summed E-state index contributed by atoms with van der Waals surface area (Å²) in [5, 5.41) is 17.2. The van der Waals surface area contributed by atoms with Gasteiger partial charge in [0.15, 0.2) is 0 Å². The molecule has 1 aliphatic heterocycles. The van der Waals surface area contributed by atoms with Crippen molar-refractivity contribution >= 4 is 34.3 Å². The lowest BCUT2D eigenvalue weighted by molar-refractivity contribution is -0.133. The summed E-state index contributed by atoms with van der Waals surface area (Å²) in [6.07, 6.45) is 0. The molecule has 0 aromatic heterocycles. The highest BCUT2D eigenvalue weighted by molar-refractivity contribution is 6.10. The van der Waals surface area contributed by atoms with E-state index in [0.717, 1.165) is 21.2 Å². The van der Waals surface area contributed by atoms with Crippen LogP contribution >= 0.6 is 0 Å². The van der Waals surface area contributed by atoms with Crippen molar-refractivity contribution in [1.82, 2.24) is 10.2 Å². The monoisotopic (exact) mass is 403 g/mol. The number of hydrogen-bond donors (Lipinski definition) is 3. The van der Waals surface area contributed by atoms with E-state index in [1.807, 2.05) is 43.3 Å². The lowest BCUT2D eigenvalue weighted by Crippen LogP contribution is -2.42. The zero-order chi connectivity index (χ0) is 21.5. The maximum Gasteiger partial charge on any atom is 0.325 e. The average molecular weight is 403 g/mol. The number of aryl methyl sites for hydroxylation is 1. The molecule has 3 aromatic carbocycles. The molecule has 7 heteroatoms. The number of urea groups is 1. The van der Waals surface area contributed by atoms with E-state index in [1.165, 1.54) is 6.07 Å². The highest BCUT2D eigenvalue weighted by Gasteiger charge is 2.49. The van der Waals surface area contributed by atoms with E-state index in [4.69, 9.17) is 0 Å². The van der Waals surface area contributed by atoms with Gasteiger partial charge in [0, 0.05) is 0 Å². The normalized spacial score (nSPS) is 18.5. The molecule has 0 radical (unpaired) electrons. The number of rotatable bonds is 4. The highest BCUT2D eigenvalue weighted by Crippen LogP contribution is 2.31. The van der Waals surface area contributed by atoms with Crippen LogP contribution < -0.4 is 10.6 Å². The second kappa shape index (κ2) is 7.18. The summed E-state index contributed by atoms with van der Waals surface area (Å²) >= 11 is 0. The highest BCUT2D eigenvalue weighted by atomic mass is 16.3. The summed E-state index contributed by atoms with van der Waals surface area (Å²) in [6.45, 7) is 2.98. The molecule has 0 spiro atoms. The summed E-state index contributed by atoms with van der Waals surface area (Å²) in [7, 11) is 0. The number of imide groups is 1. The van der Waals surface area contributed by atoms with E-state index in [-0.39, 0.29) is 11.4 Å². The van der Waals surface area contributed by atoms with Gasteiger partial charge >= 0.3 is 6.03 Å². The molecule has 7 nitrogen and oxygen atoms in total.